The molecule has 0 radical (unpaired) electrons. The molecule has 0 aliphatic heterocycles. The van der Waals surface area contributed by atoms with Crippen molar-refractivity contribution in [1.82, 2.24) is 10.6 Å². The monoisotopic (exact) mass is 138 g/mol. The van der Waals surface area contributed by atoms with Crippen molar-refractivity contribution in [2.45, 2.75) is 0 Å². The first-order valence-corrected chi connectivity index (χ1v) is 3.03. The van der Waals surface area contributed by atoms with Gasteiger partial charge < -0.3 is 5.32 Å². The fourth-order valence-electron chi connectivity index (χ4n) is 0.456. The molecule has 2 N–H and O–H groups in total. The average molecular weight is 138 g/mol. The van der Waals surface area contributed by atoms with Crippen LogP contribution in [0.2, 0.25) is 0 Å². The summed E-state index contributed by atoms with van der Waals surface area (Å²) in [5.74, 6) is 0. The van der Waals surface area contributed by atoms with Gasteiger partial charge in [-0.1, -0.05) is 0 Å². The Labute approximate surface area is 60.7 Å². The summed E-state index contributed by atoms with van der Waals surface area (Å²) in [6.07, 6.45) is 0. The highest BCUT2D eigenvalue weighted by atomic mass is 15.0. The van der Waals surface area contributed by atoms with Crippen molar-refractivity contribution in [3.05, 3.63) is 11.4 Å². The van der Waals surface area contributed by atoms with Gasteiger partial charge in [0.05, 0.1) is 12.6 Å². The van der Waals surface area contributed by atoms with Crippen LogP contribution >= 0.6 is 0 Å². The van der Waals surface area contributed by atoms with E-state index in [-0.39, 0.29) is 0 Å². The summed E-state index contributed by atoms with van der Waals surface area (Å²) in [5, 5.41) is 13.8. The molecule has 0 heterocycles. The molecular weight excluding hydrogens is 128 g/mol. The van der Waals surface area contributed by atoms with Gasteiger partial charge in [0.25, 0.3) is 6.67 Å². The van der Waals surface area contributed by atoms with E-state index >= 15 is 0 Å². The van der Waals surface area contributed by atoms with Gasteiger partial charge in [-0.25, -0.2) is 11.9 Å². The second kappa shape index (κ2) is 7.90. The lowest BCUT2D eigenvalue weighted by Crippen LogP contribution is -2.27. The second-order valence-corrected chi connectivity index (χ2v) is 1.65. The van der Waals surface area contributed by atoms with Gasteiger partial charge in [-0.2, -0.15) is 5.26 Å². The van der Waals surface area contributed by atoms with E-state index in [9.17, 15) is 0 Å². The molecule has 4 nitrogen and oxygen atoms in total. The molecule has 10 heavy (non-hydrogen) atoms. The van der Waals surface area contributed by atoms with Gasteiger partial charge in [0.15, 0.2) is 0 Å². The summed E-state index contributed by atoms with van der Waals surface area (Å²) < 4.78 is 0. The zero-order valence-electron chi connectivity index (χ0n) is 5.72. The lowest BCUT2D eigenvalue weighted by molar-refractivity contribution is 0.669. The second-order valence-electron chi connectivity index (χ2n) is 1.65. The molecule has 0 rings (SSSR count). The number of nitrogens with one attached hydrogen (secondary N) is 2. The minimum atomic E-state index is 0.355. The van der Waals surface area contributed by atoms with E-state index in [4.69, 9.17) is 11.8 Å². The molecule has 0 aromatic rings. The average Bonchev–Trinajstić information content (AvgIpc) is 1.97. The van der Waals surface area contributed by atoms with E-state index in [1.807, 2.05) is 6.07 Å². The van der Waals surface area contributed by atoms with E-state index in [0.717, 1.165) is 13.1 Å². The van der Waals surface area contributed by atoms with Crippen LogP contribution in [0.1, 0.15) is 0 Å². The lowest BCUT2D eigenvalue weighted by atomic mass is 10.6. The normalized spacial score (nSPS) is 8.20. The maximum absolute atomic E-state index is 8.09. The fraction of sp³-hybridized carbons (Fsp3) is 0.667. The van der Waals surface area contributed by atoms with Crippen LogP contribution in [-0.4, -0.2) is 26.3 Å². The Kier molecular flexibility index (Phi) is 7.03. The minimum Gasteiger partial charge on any atom is -0.303 e. The molecule has 0 aromatic heterocycles. The molecule has 0 atom stereocenters. The van der Waals surface area contributed by atoms with Gasteiger partial charge >= 0.3 is 0 Å². The van der Waals surface area contributed by atoms with Gasteiger partial charge in [-0.3, -0.25) is 4.85 Å². The van der Waals surface area contributed by atoms with Gasteiger partial charge in [0.2, 0.25) is 0 Å². The van der Waals surface area contributed by atoms with Crippen LogP contribution in [0.3, 0.4) is 0 Å². The number of hydrogen-bond donors (Lipinski definition) is 2. The van der Waals surface area contributed by atoms with Crippen LogP contribution in [0.25, 0.3) is 4.85 Å². The summed E-state index contributed by atoms with van der Waals surface area (Å²) in [7, 11) is 0. The molecule has 0 amide bonds. The Morgan fingerprint density at radius 1 is 1.40 bits per heavy atom. The first kappa shape index (κ1) is 8.90. The Hall–Kier alpha value is -1.10. The number of nitriles is 1. The number of hydrogen-bond acceptors (Lipinski definition) is 3. The summed E-state index contributed by atoms with van der Waals surface area (Å²) >= 11 is 0. The van der Waals surface area contributed by atoms with Gasteiger partial charge in [-0.05, 0) is 0 Å². The third-order valence-corrected chi connectivity index (χ3v) is 0.873. The Morgan fingerprint density at radius 3 is 2.70 bits per heavy atom. The third-order valence-electron chi connectivity index (χ3n) is 0.873. The van der Waals surface area contributed by atoms with E-state index in [1.54, 1.807) is 0 Å². The number of nitrogens with zero attached hydrogens (tertiary/aromatic N) is 2. The zero-order chi connectivity index (χ0) is 7.66. The molecule has 4 heteroatoms. The molecule has 0 saturated heterocycles. The lowest BCUT2D eigenvalue weighted by Gasteiger charge is -1.96. The smallest absolute Gasteiger partial charge is 0.268 e. The Morgan fingerprint density at radius 2 is 2.10 bits per heavy atom. The summed E-state index contributed by atoms with van der Waals surface area (Å²) in [6.45, 7) is 8.62. The van der Waals surface area contributed by atoms with Gasteiger partial charge in [-0.15, -0.1) is 0 Å². The Bertz CT molecular complexity index is 123. The molecule has 0 spiro atoms. The largest absolute Gasteiger partial charge is 0.303 e. The van der Waals surface area contributed by atoms with Crippen molar-refractivity contribution in [3.8, 4) is 6.07 Å². The highest BCUT2D eigenvalue weighted by Gasteiger charge is 1.85. The van der Waals surface area contributed by atoms with E-state index < -0.39 is 0 Å². The molecule has 0 saturated carbocycles. The first-order valence-electron chi connectivity index (χ1n) is 3.03. The predicted molar refractivity (Wildman–Crippen MR) is 38.0 cm³/mol. The van der Waals surface area contributed by atoms with Crippen LogP contribution in [-0.2, 0) is 0 Å². The highest BCUT2D eigenvalue weighted by molar-refractivity contribution is 4.72. The van der Waals surface area contributed by atoms with Crippen LogP contribution in [0, 0.1) is 17.9 Å². The van der Waals surface area contributed by atoms with Crippen molar-refractivity contribution >= 4 is 0 Å². The van der Waals surface area contributed by atoms with Crippen LogP contribution < -0.4 is 10.6 Å². The van der Waals surface area contributed by atoms with Crippen molar-refractivity contribution in [3.63, 3.8) is 0 Å². The predicted octanol–water partition coefficient (Wildman–Crippen LogP) is -0.434. The number of rotatable bonds is 5. The quantitative estimate of drug-likeness (QED) is 0.308. The van der Waals surface area contributed by atoms with Crippen molar-refractivity contribution in [2.75, 3.05) is 26.3 Å². The van der Waals surface area contributed by atoms with E-state index in [2.05, 4.69) is 15.5 Å². The van der Waals surface area contributed by atoms with Crippen molar-refractivity contribution < 1.29 is 0 Å². The summed E-state index contributed by atoms with van der Waals surface area (Å²) in [6, 6.07) is 1.96. The van der Waals surface area contributed by atoms with Crippen LogP contribution in [0.5, 0.6) is 0 Å². The fourth-order valence-corrected chi connectivity index (χ4v) is 0.456. The van der Waals surface area contributed by atoms with E-state index in [0.29, 0.717) is 13.2 Å². The van der Waals surface area contributed by atoms with Crippen molar-refractivity contribution in [1.29, 1.82) is 5.26 Å². The zero-order valence-corrected chi connectivity index (χ0v) is 5.72. The molecule has 0 bridgehead atoms. The summed E-state index contributed by atoms with van der Waals surface area (Å²) in [5.41, 5.74) is 0. The van der Waals surface area contributed by atoms with E-state index in [1.165, 1.54) is 0 Å². The van der Waals surface area contributed by atoms with Gasteiger partial charge in [0.1, 0.15) is 0 Å². The highest BCUT2D eigenvalue weighted by Crippen LogP contribution is 1.60. The topological polar surface area (TPSA) is 52.2 Å². The van der Waals surface area contributed by atoms with Crippen LogP contribution in [0.4, 0.5) is 0 Å². The molecular formula is C6H10N4. The maximum atomic E-state index is 8.09. The minimum absolute atomic E-state index is 0.355. The molecule has 0 aliphatic rings. The Balaban J connectivity index is 2.80. The SMILES string of the molecule is [C-]#[N+]CNCCNCC#N. The molecule has 0 aliphatic carbocycles. The van der Waals surface area contributed by atoms with Crippen molar-refractivity contribution in [2.24, 2.45) is 0 Å². The first-order chi connectivity index (χ1) is 4.91. The maximum Gasteiger partial charge on any atom is 0.268 e. The van der Waals surface area contributed by atoms with Crippen LogP contribution in [0.15, 0.2) is 0 Å². The molecule has 0 unspecified atom stereocenters. The molecule has 54 valence electrons. The van der Waals surface area contributed by atoms with Gasteiger partial charge in [0, 0.05) is 13.1 Å². The third kappa shape index (κ3) is 6.90. The standard InChI is InChI=1S/C6H10N4/c1-8-6-10-5-4-9-3-2-7/h9-10H,3-6H2. The molecule has 0 aromatic carbocycles. The molecule has 0 fully saturated rings. The summed E-state index contributed by atoms with van der Waals surface area (Å²) in [4.78, 5) is 3.10.